The van der Waals surface area contributed by atoms with Crippen LogP contribution in [0.5, 0.6) is 0 Å². The van der Waals surface area contributed by atoms with Gasteiger partial charge in [0.1, 0.15) is 0 Å². The second-order valence-corrected chi connectivity index (χ2v) is 6.16. The number of amides is 1. The molecular weight excluding hydrogens is 284 g/mol. The Morgan fingerprint density at radius 2 is 2.10 bits per heavy atom. The first-order valence-electron chi connectivity index (χ1n) is 7.45. The van der Waals surface area contributed by atoms with Crippen molar-refractivity contribution in [1.29, 1.82) is 0 Å². The van der Waals surface area contributed by atoms with Gasteiger partial charge in [0.25, 0.3) is 5.91 Å². The van der Waals surface area contributed by atoms with Crippen LogP contribution in [-0.4, -0.2) is 60.1 Å². The highest BCUT2D eigenvalue weighted by Crippen LogP contribution is 2.18. The average Bonchev–Trinajstić information content (AvgIpc) is 2.97. The molecule has 1 saturated heterocycles. The number of nitrogens with zero attached hydrogens (tertiary/aromatic N) is 2. The zero-order valence-electron chi connectivity index (χ0n) is 12.5. The first-order valence-corrected chi connectivity index (χ1v) is 8.27. The molecule has 2 heterocycles. The summed E-state index contributed by atoms with van der Waals surface area (Å²) in [4.78, 5) is 18.4. The summed E-state index contributed by atoms with van der Waals surface area (Å²) in [5, 5.41) is 8.70. The van der Waals surface area contributed by atoms with Crippen molar-refractivity contribution in [2.45, 2.75) is 19.8 Å². The van der Waals surface area contributed by atoms with Gasteiger partial charge in [-0.05, 0) is 25.1 Å². The summed E-state index contributed by atoms with van der Waals surface area (Å²) < 4.78 is 0. The molecule has 0 saturated carbocycles. The Labute approximate surface area is 130 Å². The molecule has 4 nitrogen and oxygen atoms in total. The molecule has 1 aromatic heterocycles. The van der Waals surface area contributed by atoms with Crippen molar-refractivity contribution in [3.8, 4) is 11.8 Å². The zero-order chi connectivity index (χ0) is 15.1. The van der Waals surface area contributed by atoms with Crippen molar-refractivity contribution in [2.75, 3.05) is 39.3 Å². The largest absolute Gasteiger partial charge is 0.395 e. The Morgan fingerprint density at radius 1 is 1.33 bits per heavy atom. The number of carbonyl (C=O) groups excluding carboxylic acids is 1. The number of piperazine rings is 1. The highest BCUT2D eigenvalue weighted by molar-refractivity contribution is 7.14. The van der Waals surface area contributed by atoms with Crippen molar-refractivity contribution >= 4 is 17.2 Å². The van der Waals surface area contributed by atoms with Crippen LogP contribution in [0.2, 0.25) is 0 Å². The molecule has 1 fully saturated rings. The van der Waals surface area contributed by atoms with Crippen LogP contribution in [0.1, 0.15) is 34.3 Å². The number of aliphatic hydroxyl groups excluding tert-OH is 1. The van der Waals surface area contributed by atoms with E-state index in [0.29, 0.717) is 6.42 Å². The van der Waals surface area contributed by atoms with Gasteiger partial charge in [-0.25, -0.2) is 0 Å². The van der Waals surface area contributed by atoms with Crippen LogP contribution in [0.15, 0.2) is 12.1 Å². The SMILES string of the molecule is CCCN1CCN(C(=O)c2ccc(C#CCCO)s2)CC1. The molecule has 0 aromatic carbocycles. The summed E-state index contributed by atoms with van der Waals surface area (Å²) >= 11 is 1.44. The van der Waals surface area contributed by atoms with Crippen LogP contribution in [0, 0.1) is 11.8 Å². The highest BCUT2D eigenvalue weighted by atomic mass is 32.1. The zero-order valence-corrected chi connectivity index (χ0v) is 13.3. The topological polar surface area (TPSA) is 43.8 Å². The second kappa shape index (κ2) is 8.18. The molecule has 1 amide bonds. The molecular formula is C16H22N2O2S. The first-order chi connectivity index (χ1) is 10.2. The monoisotopic (exact) mass is 306 g/mol. The fourth-order valence-corrected chi connectivity index (χ4v) is 3.22. The Bertz CT molecular complexity index is 522. The maximum atomic E-state index is 12.4. The molecule has 1 aliphatic heterocycles. The summed E-state index contributed by atoms with van der Waals surface area (Å²) in [6.07, 6.45) is 1.63. The Kier molecular flexibility index (Phi) is 6.24. The molecule has 0 aliphatic carbocycles. The third-order valence-corrected chi connectivity index (χ3v) is 4.45. The van der Waals surface area contributed by atoms with E-state index in [1.54, 1.807) is 0 Å². The molecule has 2 rings (SSSR count). The molecule has 0 atom stereocenters. The predicted molar refractivity (Wildman–Crippen MR) is 85.5 cm³/mol. The van der Waals surface area contributed by atoms with Crippen molar-refractivity contribution in [2.24, 2.45) is 0 Å². The van der Waals surface area contributed by atoms with Crippen molar-refractivity contribution < 1.29 is 9.90 Å². The highest BCUT2D eigenvalue weighted by Gasteiger charge is 2.22. The maximum Gasteiger partial charge on any atom is 0.264 e. The quantitative estimate of drug-likeness (QED) is 0.860. The van der Waals surface area contributed by atoms with E-state index >= 15 is 0 Å². The van der Waals surface area contributed by atoms with Crippen LogP contribution in [0.25, 0.3) is 0 Å². The van der Waals surface area contributed by atoms with Gasteiger partial charge in [0.15, 0.2) is 0 Å². The maximum absolute atomic E-state index is 12.4. The summed E-state index contributed by atoms with van der Waals surface area (Å²) in [5.41, 5.74) is 0. The standard InChI is InChI=1S/C16H22N2O2S/c1-2-8-17-9-11-18(12-10-17)16(20)15-7-6-14(21-15)5-3-4-13-19/h6-7,19H,2,4,8-13H2,1H3. The van der Waals surface area contributed by atoms with Gasteiger partial charge in [-0.2, -0.15) is 0 Å². The van der Waals surface area contributed by atoms with Crippen LogP contribution in [-0.2, 0) is 0 Å². The lowest BCUT2D eigenvalue weighted by atomic mass is 10.2. The number of hydrogen-bond donors (Lipinski definition) is 1. The minimum atomic E-state index is 0.0756. The van der Waals surface area contributed by atoms with Gasteiger partial charge in [0.05, 0.1) is 16.4 Å². The van der Waals surface area contributed by atoms with Crippen LogP contribution in [0.4, 0.5) is 0 Å². The minimum Gasteiger partial charge on any atom is -0.395 e. The molecule has 0 bridgehead atoms. The van der Waals surface area contributed by atoms with Gasteiger partial charge < -0.3 is 10.0 Å². The molecule has 1 aliphatic rings. The van der Waals surface area contributed by atoms with E-state index in [9.17, 15) is 4.79 Å². The van der Waals surface area contributed by atoms with E-state index in [1.165, 1.54) is 11.3 Å². The lowest BCUT2D eigenvalue weighted by molar-refractivity contribution is 0.0642. The molecule has 1 aromatic rings. The third-order valence-electron chi connectivity index (χ3n) is 3.46. The molecule has 5 heteroatoms. The Morgan fingerprint density at radius 3 is 2.76 bits per heavy atom. The molecule has 114 valence electrons. The van der Waals surface area contributed by atoms with E-state index < -0.39 is 0 Å². The van der Waals surface area contributed by atoms with E-state index in [0.717, 1.165) is 48.9 Å². The fourth-order valence-electron chi connectivity index (χ4n) is 2.37. The van der Waals surface area contributed by atoms with Crippen LogP contribution >= 0.6 is 11.3 Å². The van der Waals surface area contributed by atoms with Crippen molar-refractivity contribution in [3.63, 3.8) is 0 Å². The molecule has 0 unspecified atom stereocenters. The Hall–Kier alpha value is -1.35. The van der Waals surface area contributed by atoms with Gasteiger partial charge in [0, 0.05) is 32.6 Å². The van der Waals surface area contributed by atoms with Crippen LogP contribution in [0.3, 0.4) is 0 Å². The average molecular weight is 306 g/mol. The number of rotatable bonds is 4. The molecule has 21 heavy (non-hydrogen) atoms. The normalized spacial score (nSPS) is 15.6. The second-order valence-electron chi connectivity index (χ2n) is 5.07. The molecule has 1 N–H and O–H groups in total. The van der Waals surface area contributed by atoms with E-state index in [4.69, 9.17) is 5.11 Å². The van der Waals surface area contributed by atoms with E-state index in [1.807, 2.05) is 17.0 Å². The summed E-state index contributed by atoms with van der Waals surface area (Å²) in [5.74, 6) is 5.98. The van der Waals surface area contributed by atoms with E-state index in [-0.39, 0.29) is 12.5 Å². The van der Waals surface area contributed by atoms with Gasteiger partial charge in [-0.1, -0.05) is 18.8 Å². The van der Waals surface area contributed by atoms with Crippen LogP contribution < -0.4 is 0 Å². The molecule has 0 spiro atoms. The first kappa shape index (κ1) is 16.0. The van der Waals surface area contributed by atoms with Gasteiger partial charge >= 0.3 is 0 Å². The van der Waals surface area contributed by atoms with Gasteiger partial charge in [0.2, 0.25) is 0 Å². The predicted octanol–water partition coefficient (Wildman–Crippen LogP) is 1.65. The molecule has 0 radical (unpaired) electrons. The van der Waals surface area contributed by atoms with Crippen molar-refractivity contribution in [1.82, 2.24) is 9.80 Å². The number of hydrogen-bond acceptors (Lipinski definition) is 4. The lowest BCUT2D eigenvalue weighted by Gasteiger charge is -2.34. The summed E-state index contributed by atoms with van der Waals surface area (Å²) in [6.45, 7) is 6.92. The lowest BCUT2D eigenvalue weighted by Crippen LogP contribution is -2.48. The smallest absolute Gasteiger partial charge is 0.264 e. The van der Waals surface area contributed by atoms with E-state index in [2.05, 4.69) is 23.7 Å². The number of thiophene rings is 1. The number of aliphatic hydroxyl groups is 1. The third kappa shape index (κ3) is 4.57. The summed E-state index contributed by atoms with van der Waals surface area (Å²) in [6, 6.07) is 3.74. The summed E-state index contributed by atoms with van der Waals surface area (Å²) in [7, 11) is 0. The number of carbonyl (C=O) groups is 1. The van der Waals surface area contributed by atoms with Gasteiger partial charge in [-0.15, -0.1) is 11.3 Å². The Balaban J connectivity index is 1.91. The fraction of sp³-hybridized carbons (Fsp3) is 0.562. The van der Waals surface area contributed by atoms with Gasteiger partial charge in [-0.3, -0.25) is 9.69 Å². The minimum absolute atomic E-state index is 0.0756. The van der Waals surface area contributed by atoms with Crippen molar-refractivity contribution in [3.05, 3.63) is 21.9 Å².